The van der Waals surface area contributed by atoms with E-state index in [2.05, 4.69) is 27.3 Å². The fourth-order valence-electron chi connectivity index (χ4n) is 3.85. The lowest BCUT2D eigenvalue weighted by molar-refractivity contribution is -0.113. The first-order chi connectivity index (χ1) is 15.6. The third-order valence-corrected chi connectivity index (χ3v) is 8.32. The van der Waals surface area contributed by atoms with E-state index in [9.17, 15) is 9.59 Å². The van der Waals surface area contributed by atoms with Crippen molar-refractivity contribution in [2.75, 3.05) is 29.1 Å². The van der Waals surface area contributed by atoms with Crippen LogP contribution in [0.1, 0.15) is 12.8 Å². The predicted octanol–water partition coefficient (Wildman–Crippen LogP) is 5.05. The number of rotatable bonds is 6. The molecule has 0 aliphatic carbocycles. The fraction of sp³-hybridized carbons (Fsp3) is 0.261. The van der Waals surface area contributed by atoms with Crippen LogP contribution in [0, 0.1) is 0 Å². The molecule has 1 aromatic carbocycles. The zero-order valence-corrected chi connectivity index (χ0v) is 20.0. The van der Waals surface area contributed by atoms with Crippen molar-refractivity contribution in [2.45, 2.75) is 18.0 Å². The number of hydrogen-bond acceptors (Lipinski definition) is 7. The van der Waals surface area contributed by atoms with Crippen molar-refractivity contribution in [3.63, 3.8) is 0 Å². The first-order valence-electron chi connectivity index (χ1n) is 10.4. The van der Waals surface area contributed by atoms with Gasteiger partial charge in [-0.15, -0.1) is 22.7 Å². The Kier molecular flexibility index (Phi) is 6.03. The van der Waals surface area contributed by atoms with Crippen LogP contribution in [0.15, 0.2) is 57.1 Å². The van der Waals surface area contributed by atoms with E-state index in [0.29, 0.717) is 15.4 Å². The molecule has 0 saturated carbocycles. The zero-order valence-electron chi connectivity index (χ0n) is 17.5. The third-order valence-electron chi connectivity index (χ3n) is 5.52. The van der Waals surface area contributed by atoms with Crippen LogP contribution >= 0.6 is 34.4 Å². The van der Waals surface area contributed by atoms with E-state index >= 15 is 0 Å². The van der Waals surface area contributed by atoms with Gasteiger partial charge >= 0.3 is 0 Å². The van der Waals surface area contributed by atoms with Gasteiger partial charge in [0, 0.05) is 47.3 Å². The summed E-state index contributed by atoms with van der Waals surface area (Å²) in [4.78, 5) is 34.3. The van der Waals surface area contributed by atoms with Gasteiger partial charge in [-0.1, -0.05) is 17.8 Å². The molecule has 0 spiro atoms. The molecule has 32 heavy (non-hydrogen) atoms. The lowest BCUT2D eigenvalue weighted by atomic mass is 10.2. The topological polar surface area (TPSA) is 67.2 Å². The molecule has 3 aromatic heterocycles. The Labute approximate surface area is 197 Å². The molecule has 0 atom stereocenters. The van der Waals surface area contributed by atoms with E-state index in [1.165, 1.54) is 46.2 Å². The van der Waals surface area contributed by atoms with E-state index in [-0.39, 0.29) is 17.2 Å². The molecule has 164 valence electrons. The highest BCUT2D eigenvalue weighted by Gasteiger charge is 2.17. The molecular formula is C23H22N4O2S3. The zero-order chi connectivity index (χ0) is 22.1. The van der Waals surface area contributed by atoms with Crippen LogP contribution in [-0.4, -0.2) is 34.3 Å². The number of thioether (sulfide) groups is 1. The van der Waals surface area contributed by atoms with Crippen molar-refractivity contribution in [3.05, 3.63) is 57.5 Å². The maximum Gasteiger partial charge on any atom is 0.263 e. The molecule has 0 bridgehead atoms. The first kappa shape index (κ1) is 21.2. The van der Waals surface area contributed by atoms with E-state index in [1.54, 1.807) is 18.4 Å². The average molecular weight is 483 g/mol. The summed E-state index contributed by atoms with van der Waals surface area (Å²) in [7, 11) is 1.71. The summed E-state index contributed by atoms with van der Waals surface area (Å²) in [6.07, 6.45) is 2.47. The Morgan fingerprint density at radius 2 is 1.94 bits per heavy atom. The second-order valence-corrected chi connectivity index (χ2v) is 10.4. The Morgan fingerprint density at radius 1 is 1.16 bits per heavy atom. The van der Waals surface area contributed by atoms with Crippen LogP contribution < -0.4 is 15.8 Å². The van der Waals surface area contributed by atoms with Crippen LogP contribution in [0.25, 0.3) is 20.7 Å². The number of aromatic nitrogens is 2. The summed E-state index contributed by atoms with van der Waals surface area (Å²) in [5, 5.41) is 8.11. The average Bonchev–Trinajstić information content (AvgIpc) is 3.57. The van der Waals surface area contributed by atoms with Gasteiger partial charge in [0.05, 0.1) is 11.1 Å². The lowest BCUT2D eigenvalue weighted by Crippen LogP contribution is -2.21. The molecule has 4 heterocycles. The van der Waals surface area contributed by atoms with Crippen molar-refractivity contribution < 1.29 is 4.79 Å². The largest absolute Gasteiger partial charge is 0.372 e. The van der Waals surface area contributed by atoms with Gasteiger partial charge in [0.25, 0.3) is 5.56 Å². The van der Waals surface area contributed by atoms with Crippen LogP contribution in [0.5, 0.6) is 0 Å². The van der Waals surface area contributed by atoms with Gasteiger partial charge < -0.3 is 10.2 Å². The molecule has 6 nitrogen and oxygen atoms in total. The third kappa shape index (κ3) is 4.20. The molecule has 1 saturated heterocycles. The molecule has 1 aliphatic heterocycles. The Balaban J connectivity index is 1.27. The van der Waals surface area contributed by atoms with E-state index < -0.39 is 0 Å². The standard InChI is InChI=1S/C23H22N4O2S3/c1-26-22(29)20-17(18-5-4-12-30-18)13-31-21(20)25-23(26)32-14-19(28)24-15-6-8-16(9-7-15)27-10-2-3-11-27/h4-9,12-13H,2-3,10-11,14H2,1H3,(H,24,28). The van der Waals surface area contributed by atoms with Crippen molar-refractivity contribution in [1.29, 1.82) is 0 Å². The summed E-state index contributed by atoms with van der Waals surface area (Å²) in [6.45, 7) is 2.19. The smallest absolute Gasteiger partial charge is 0.263 e. The highest BCUT2D eigenvalue weighted by molar-refractivity contribution is 7.99. The highest BCUT2D eigenvalue weighted by Crippen LogP contribution is 2.34. The minimum Gasteiger partial charge on any atom is -0.372 e. The van der Waals surface area contributed by atoms with Crippen LogP contribution in [0.4, 0.5) is 11.4 Å². The van der Waals surface area contributed by atoms with E-state index in [4.69, 9.17) is 0 Å². The monoisotopic (exact) mass is 482 g/mol. The van der Waals surface area contributed by atoms with Crippen LogP contribution in [-0.2, 0) is 11.8 Å². The predicted molar refractivity (Wildman–Crippen MR) is 135 cm³/mol. The maximum atomic E-state index is 13.0. The minimum absolute atomic E-state index is 0.0833. The number of carbonyl (C=O) groups is 1. The summed E-state index contributed by atoms with van der Waals surface area (Å²) < 4.78 is 1.54. The number of amides is 1. The van der Waals surface area contributed by atoms with Crippen molar-refractivity contribution in [1.82, 2.24) is 9.55 Å². The molecule has 1 amide bonds. The van der Waals surface area contributed by atoms with Gasteiger partial charge in [0.1, 0.15) is 4.83 Å². The lowest BCUT2D eigenvalue weighted by Gasteiger charge is -2.17. The summed E-state index contributed by atoms with van der Waals surface area (Å²) in [5.41, 5.74) is 2.81. The number of hydrogen-bond donors (Lipinski definition) is 1. The molecule has 4 aromatic rings. The van der Waals surface area contributed by atoms with Crippen LogP contribution in [0.3, 0.4) is 0 Å². The second-order valence-electron chi connectivity index (χ2n) is 7.64. The fourth-order valence-corrected chi connectivity index (χ4v) is 6.43. The number of fused-ring (bicyclic) bond motifs is 1. The molecule has 1 fully saturated rings. The Hall–Kier alpha value is -2.62. The van der Waals surface area contributed by atoms with Gasteiger partial charge in [-0.25, -0.2) is 4.98 Å². The molecule has 0 unspecified atom stereocenters. The highest BCUT2D eigenvalue weighted by atomic mass is 32.2. The van der Waals surface area contributed by atoms with Gasteiger partial charge in [-0.05, 0) is 48.6 Å². The molecule has 1 N–H and O–H groups in total. The van der Waals surface area contributed by atoms with Gasteiger partial charge in [-0.3, -0.25) is 14.2 Å². The summed E-state index contributed by atoms with van der Waals surface area (Å²) in [5.74, 6) is 0.0618. The number of nitrogens with one attached hydrogen (secondary N) is 1. The number of nitrogens with zero attached hydrogens (tertiary/aromatic N) is 3. The Bertz CT molecular complexity index is 1300. The van der Waals surface area contributed by atoms with Crippen molar-refractivity contribution >= 4 is 61.9 Å². The normalized spacial score (nSPS) is 13.7. The van der Waals surface area contributed by atoms with Gasteiger partial charge in [0.2, 0.25) is 5.91 Å². The Morgan fingerprint density at radius 3 is 2.66 bits per heavy atom. The molecule has 9 heteroatoms. The second kappa shape index (κ2) is 9.09. The quantitative estimate of drug-likeness (QED) is 0.308. The van der Waals surface area contributed by atoms with Gasteiger partial charge in [-0.2, -0.15) is 0 Å². The summed E-state index contributed by atoms with van der Waals surface area (Å²) >= 11 is 4.34. The van der Waals surface area contributed by atoms with Crippen molar-refractivity contribution in [3.8, 4) is 10.4 Å². The molecule has 1 aliphatic rings. The number of anilines is 2. The van der Waals surface area contributed by atoms with Crippen molar-refractivity contribution in [2.24, 2.45) is 7.05 Å². The minimum atomic E-state index is -0.122. The molecular weight excluding hydrogens is 460 g/mol. The number of benzene rings is 1. The maximum absolute atomic E-state index is 13.0. The van der Waals surface area contributed by atoms with Gasteiger partial charge in [0.15, 0.2) is 5.16 Å². The first-order valence-corrected chi connectivity index (χ1v) is 13.1. The summed E-state index contributed by atoms with van der Waals surface area (Å²) in [6, 6.07) is 12.0. The SMILES string of the molecule is Cn1c(SCC(=O)Nc2ccc(N3CCCC3)cc2)nc2scc(-c3cccs3)c2c1=O. The van der Waals surface area contributed by atoms with E-state index in [0.717, 1.165) is 29.2 Å². The molecule has 0 radical (unpaired) electrons. The van der Waals surface area contributed by atoms with Crippen LogP contribution in [0.2, 0.25) is 0 Å². The molecule has 5 rings (SSSR count). The number of carbonyl (C=O) groups excluding carboxylic acids is 1. The number of thiophene rings is 2. The van der Waals surface area contributed by atoms with E-state index in [1.807, 2.05) is 35.0 Å².